The maximum atomic E-state index is 13.6. The highest BCUT2D eigenvalue weighted by atomic mass is 79.9. The highest BCUT2D eigenvalue weighted by molar-refractivity contribution is 9.10. The lowest BCUT2D eigenvalue weighted by Crippen LogP contribution is -2.04. The average molecular weight is 298 g/mol. The minimum atomic E-state index is -0.218. The van der Waals surface area contributed by atoms with Crippen molar-refractivity contribution in [2.45, 2.75) is 13.1 Å². The Kier molecular flexibility index (Phi) is 3.91. The van der Waals surface area contributed by atoms with Crippen LogP contribution < -0.4 is 5.32 Å². The number of halogens is 2. The molecule has 1 aromatic carbocycles. The molecule has 2 aromatic rings. The molecule has 0 aliphatic heterocycles. The summed E-state index contributed by atoms with van der Waals surface area (Å²) in [7, 11) is 1.88. The standard InChI is InChI=1S/C12H13BrFN3/c1-15-5-9-6-16-17(7-9)8-10-2-3-11(13)4-12(10)14/h2-4,6-7,15H,5,8H2,1H3. The van der Waals surface area contributed by atoms with Gasteiger partial charge in [0.15, 0.2) is 0 Å². The Labute approximate surface area is 108 Å². The first-order valence-electron chi connectivity index (χ1n) is 5.29. The monoisotopic (exact) mass is 297 g/mol. The van der Waals surface area contributed by atoms with Gasteiger partial charge in [-0.2, -0.15) is 5.10 Å². The summed E-state index contributed by atoms with van der Waals surface area (Å²) in [4.78, 5) is 0. The first kappa shape index (κ1) is 12.3. The van der Waals surface area contributed by atoms with Gasteiger partial charge in [0.1, 0.15) is 5.82 Å². The molecule has 0 aliphatic rings. The molecule has 90 valence electrons. The molecule has 0 saturated heterocycles. The number of nitrogens with zero attached hydrogens (tertiary/aromatic N) is 2. The van der Waals surface area contributed by atoms with Crippen molar-refractivity contribution in [1.82, 2.24) is 15.1 Å². The molecule has 0 spiro atoms. The van der Waals surface area contributed by atoms with Crippen molar-refractivity contribution in [2.75, 3.05) is 7.05 Å². The molecule has 0 saturated carbocycles. The first-order valence-corrected chi connectivity index (χ1v) is 6.08. The normalized spacial score (nSPS) is 10.8. The Hall–Kier alpha value is -1.20. The summed E-state index contributed by atoms with van der Waals surface area (Å²) >= 11 is 3.24. The average Bonchev–Trinajstić information content (AvgIpc) is 2.71. The highest BCUT2D eigenvalue weighted by Crippen LogP contribution is 2.16. The molecule has 0 amide bonds. The number of hydrogen-bond donors (Lipinski definition) is 1. The maximum Gasteiger partial charge on any atom is 0.129 e. The van der Waals surface area contributed by atoms with E-state index in [4.69, 9.17) is 0 Å². The lowest BCUT2D eigenvalue weighted by atomic mass is 10.2. The smallest absolute Gasteiger partial charge is 0.129 e. The van der Waals surface area contributed by atoms with Crippen LogP contribution in [0.4, 0.5) is 4.39 Å². The minimum absolute atomic E-state index is 0.218. The van der Waals surface area contributed by atoms with Gasteiger partial charge in [-0.15, -0.1) is 0 Å². The van der Waals surface area contributed by atoms with E-state index in [1.807, 2.05) is 19.3 Å². The SMILES string of the molecule is CNCc1cnn(Cc2ccc(Br)cc2F)c1. The zero-order valence-corrected chi connectivity index (χ0v) is 11.0. The van der Waals surface area contributed by atoms with E-state index in [2.05, 4.69) is 26.3 Å². The van der Waals surface area contributed by atoms with Crippen LogP contribution in [0.1, 0.15) is 11.1 Å². The number of nitrogens with one attached hydrogen (secondary N) is 1. The molecule has 5 heteroatoms. The van der Waals surface area contributed by atoms with Gasteiger partial charge in [-0.25, -0.2) is 4.39 Å². The second-order valence-electron chi connectivity index (χ2n) is 3.81. The van der Waals surface area contributed by atoms with Crippen LogP contribution in [0.2, 0.25) is 0 Å². The van der Waals surface area contributed by atoms with Crippen LogP contribution in [-0.2, 0) is 13.1 Å². The zero-order valence-electron chi connectivity index (χ0n) is 9.45. The summed E-state index contributed by atoms with van der Waals surface area (Å²) in [6.07, 6.45) is 3.70. The van der Waals surface area contributed by atoms with E-state index >= 15 is 0 Å². The lowest BCUT2D eigenvalue weighted by Gasteiger charge is -2.04. The predicted octanol–water partition coefficient (Wildman–Crippen LogP) is 2.55. The molecule has 1 N–H and O–H groups in total. The van der Waals surface area contributed by atoms with Crippen molar-refractivity contribution < 1.29 is 4.39 Å². The quantitative estimate of drug-likeness (QED) is 0.940. The molecule has 0 aliphatic carbocycles. The zero-order chi connectivity index (χ0) is 12.3. The third-order valence-electron chi connectivity index (χ3n) is 2.42. The van der Waals surface area contributed by atoms with Crippen LogP contribution in [0, 0.1) is 5.82 Å². The maximum absolute atomic E-state index is 13.6. The third kappa shape index (κ3) is 3.14. The van der Waals surface area contributed by atoms with Crippen LogP contribution in [-0.4, -0.2) is 16.8 Å². The van der Waals surface area contributed by atoms with Gasteiger partial charge in [-0.3, -0.25) is 4.68 Å². The van der Waals surface area contributed by atoms with Gasteiger partial charge in [0, 0.05) is 28.3 Å². The van der Waals surface area contributed by atoms with E-state index < -0.39 is 0 Å². The number of rotatable bonds is 4. The number of aromatic nitrogens is 2. The topological polar surface area (TPSA) is 29.9 Å². The van der Waals surface area contributed by atoms with E-state index in [1.54, 1.807) is 16.9 Å². The van der Waals surface area contributed by atoms with Gasteiger partial charge in [-0.1, -0.05) is 22.0 Å². The lowest BCUT2D eigenvalue weighted by molar-refractivity contribution is 0.584. The second kappa shape index (κ2) is 5.42. The van der Waals surface area contributed by atoms with Crippen molar-refractivity contribution in [2.24, 2.45) is 0 Å². The predicted molar refractivity (Wildman–Crippen MR) is 68.2 cm³/mol. The van der Waals surface area contributed by atoms with Crippen molar-refractivity contribution >= 4 is 15.9 Å². The van der Waals surface area contributed by atoms with E-state index in [0.717, 1.165) is 16.6 Å². The molecular weight excluding hydrogens is 285 g/mol. The van der Waals surface area contributed by atoms with Crippen molar-refractivity contribution in [3.05, 3.63) is 52.0 Å². The first-order chi connectivity index (χ1) is 8.19. The summed E-state index contributed by atoms with van der Waals surface area (Å²) in [5, 5.41) is 7.24. The third-order valence-corrected chi connectivity index (χ3v) is 2.91. The van der Waals surface area contributed by atoms with Crippen LogP contribution in [0.3, 0.4) is 0 Å². The highest BCUT2D eigenvalue weighted by Gasteiger charge is 2.04. The number of benzene rings is 1. The minimum Gasteiger partial charge on any atom is -0.316 e. The molecule has 1 aromatic heterocycles. The summed E-state index contributed by atoms with van der Waals surface area (Å²) in [5.74, 6) is -0.218. The Morgan fingerprint density at radius 3 is 3.00 bits per heavy atom. The second-order valence-corrected chi connectivity index (χ2v) is 4.73. The van der Waals surface area contributed by atoms with Crippen molar-refractivity contribution in [1.29, 1.82) is 0 Å². The largest absolute Gasteiger partial charge is 0.316 e. The fourth-order valence-electron chi connectivity index (χ4n) is 1.61. The van der Waals surface area contributed by atoms with Gasteiger partial charge in [0.25, 0.3) is 0 Å². The Morgan fingerprint density at radius 1 is 1.47 bits per heavy atom. The van der Waals surface area contributed by atoms with E-state index in [1.165, 1.54) is 6.07 Å². The fraction of sp³-hybridized carbons (Fsp3) is 0.250. The molecule has 0 fully saturated rings. The van der Waals surface area contributed by atoms with Crippen LogP contribution in [0.25, 0.3) is 0 Å². The molecule has 0 atom stereocenters. The Morgan fingerprint density at radius 2 is 2.29 bits per heavy atom. The van der Waals surface area contributed by atoms with E-state index in [0.29, 0.717) is 12.1 Å². The van der Waals surface area contributed by atoms with Gasteiger partial charge >= 0.3 is 0 Å². The summed E-state index contributed by atoms with van der Waals surface area (Å²) in [6, 6.07) is 5.06. The summed E-state index contributed by atoms with van der Waals surface area (Å²) < 4.78 is 16.1. The summed E-state index contributed by atoms with van der Waals surface area (Å²) in [6.45, 7) is 1.21. The molecule has 17 heavy (non-hydrogen) atoms. The van der Waals surface area contributed by atoms with Crippen LogP contribution >= 0.6 is 15.9 Å². The molecule has 0 radical (unpaired) electrons. The van der Waals surface area contributed by atoms with Crippen LogP contribution in [0.15, 0.2) is 35.1 Å². The van der Waals surface area contributed by atoms with Gasteiger partial charge in [0.05, 0.1) is 12.7 Å². The fourth-order valence-corrected chi connectivity index (χ4v) is 1.95. The van der Waals surface area contributed by atoms with Gasteiger partial charge < -0.3 is 5.32 Å². The molecule has 1 heterocycles. The van der Waals surface area contributed by atoms with Crippen molar-refractivity contribution in [3.63, 3.8) is 0 Å². The van der Waals surface area contributed by atoms with E-state index in [-0.39, 0.29) is 5.82 Å². The van der Waals surface area contributed by atoms with Gasteiger partial charge in [0.2, 0.25) is 0 Å². The Bertz CT molecular complexity index is 510. The van der Waals surface area contributed by atoms with Crippen LogP contribution in [0.5, 0.6) is 0 Å². The number of hydrogen-bond acceptors (Lipinski definition) is 2. The summed E-state index contributed by atoms with van der Waals surface area (Å²) in [5.41, 5.74) is 1.72. The van der Waals surface area contributed by atoms with Gasteiger partial charge in [-0.05, 0) is 19.2 Å². The molecule has 3 nitrogen and oxygen atoms in total. The molecule has 0 bridgehead atoms. The Balaban J connectivity index is 2.13. The van der Waals surface area contributed by atoms with E-state index in [9.17, 15) is 4.39 Å². The molecule has 0 unspecified atom stereocenters. The van der Waals surface area contributed by atoms with Crippen molar-refractivity contribution in [3.8, 4) is 0 Å². The molecular formula is C12H13BrFN3. The molecule has 2 rings (SSSR count).